The van der Waals surface area contributed by atoms with Gasteiger partial charge >= 0.3 is 5.96 Å². The summed E-state index contributed by atoms with van der Waals surface area (Å²) in [6.45, 7) is 0. The summed E-state index contributed by atoms with van der Waals surface area (Å²) in [5.74, 6) is 0.157. The van der Waals surface area contributed by atoms with Gasteiger partial charge in [0.2, 0.25) is 0 Å². The van der Waals surface area contributed by atoms with E-state index in [9.17, 15) is 0 Å². The Balaban J connectivity index is 2.29. The zero-order valence-corrected chi connectivity index (χ0v) is 4.52. The maximum Gasteiger partial charge on any atom is 0.392 e. The van der Waals surface area contributed by atoms with E-state index in [-0.39, 0.29) is 5.96 Å². The molecule has 9 heteroatoms. The molecule has 0 aromatic rings. The van der Waals surface area contributed by atoms with Crippen molar-refractivity contribution in [2.75, 3.05) is 0 Å². The highest BCUT2D eigenvalue weighted by Crippen LogP contribution is 2.13. The molecule has 2 aliphatic rings. The second kappa shape index (κ2) is 1.79. The summed E-state index contributed by atoms with van der Waals surface area (Å²) in [6.07, 6.45) is 0. The van der Waals surface area contributed by atoms with Crippen molar-refractivity contribution < 1.29 is 4.79 Å². The molecule has 2 aliphatic heterocycles. The Hall–Kier alpha value is -1.93. The first-order chi connectivity index (χ1) is 4.97. The van der Waals surface area contributed by atoms with E-state index in [4.69, 9.17) is 0 Å². The van der Waals surface area contributed by atoms with Gasteiger partial charge in [-0.15, -0.1) is 0 Å². The second-order valence-electron chi connectivity index (χ2n) is 1.33. The van der Waals surface area contributed by atoms with Crippen LogP contribution >= 0.6 is 0 Å². The van der Waals surface area contributed by atoms with Gasteiger partial charge in [0.25, 0.3) is 0 Å². The van der Waals surface area contributed by atoms with Crippen LogP contribution in [0.5, 0.6) is 0 Å². The molecule has 10 heavy (non-hydrogen) atoms. The zero-order valence-electron chi connectivity index (χ0n) is 4.52. The quantitative estimate of drug-likeness (QED) is 0.446. The normalized spacial score (nSPS) is 20.0. The van der Waals surface area contributed by atoms with Crippen molar-refractivity contribution in [1.29, 1.82) is 0 Å². The maximum absolute atomic E-state index is 3.44. The molecule has 0 aliphatic carbocycles. The summed E-state index contributed by atoms with van der Waals surface area (Å²) in [7, 11) is 0. The highest BCUT2D eigenvalue weighted by atomic mass is 16.0. The van der Waals surface area contributed by atoms with Crippen molar-refractivity contribution in [3.63, 3.8) is 0 Å². The summed E-state index contributed by atoms with van der Waals surface area (Å²) < 4.78 is 0. The van der Waals surface area contributed by atoms with Crippen LogP contribution < -0.4 is 0 Å². The molecule has 0 amide bonds. The lowest BCUT2D eigenvalue weighted by Gasteiger charge is -2.12. The van der Waals surface area contributed by atoms with Crippen LogP contribution in [-0.4, -0.2) is 10.8 Å². The third-order valence-corrected chi connectivity index (χ3v) is 0.777. The van der Waals surface area contributed by atoms with E-state index in [2.05, 4.69) is 42.2 Å². The predicted molar refractivity (Wildman–Crippen MR) is 26.6 cm³/mol. The summed E-state index contributed by atoms with van der Waals surface area (Å²) in [4.78, 5) is 1.01. The molecule has 0 N–H and O–H groups in total. The van der Waals surface area contributed by atoms with Crippen molar-refractivity contribution in [3.8, 4) is 0 Å². The Morgan fingerprint density at radius 2 is 1.60 bits per heavy atom. The van der Waals surface area contributed by atoms with Crippen molar-refractivity contribution in [1.82, 2.24) is 0 Å². The van der Waals surface area contributed by atoms with Gasteiger partial charge in [0.05, 0.1) is 0 Å². The highest BCUT2D eigenvalue weighted by Gasteiger charge is 2.07. The van der Waals surface area contributed by atoms with Crippen LogP contribution in [0.25, 0.3) is 11.1 Å². The van der Waals surface area contributed by atoms with Crippen LogP contribution in [0.1, 0.15) is 0 Å². The Labute approximate surface area is 54.1 Å². The maximum atomic E-state index is 3.44. The van der Waals surface area contributed by atoms with Crippen LogP contribution in [0.3, 0.4) is 0 Å². The van der Waals surface area contributed by atoms with Gasteiger partial charge in [-0.2, -0.15) is 0 Å². The number of rotatable bonds is 0. The molecular formula is CN9-. The van der Waals surface area contributed by atoms with Gasteiger partial charge in [-0.05, 0) is 0 Å². The molecule has 0 aromatic carbocycles. The van der Waals surface area contributed by atoms with Crippen LogP contribution in [0.2, 0.25) is 0 Å². The van der Waals surface area contributed by atoms with Crippen LogP contribution in [0, 0.1) is 0 Å². The Kier molecular flexibility index (Phi) is 0.877. The minimum Gasteiger partial charge on any atom is -0.445 e. The first-order valence-corrected chi connectivity index (χ1v) is 2.27. The van der Waals surface area contributed by atoms with Crippen molar-refractivity contribution in [2.24, 2.45) is 31.1 Å². The van der Waals surface area contributed by atoms with Crippen molar-refractivity contribution in [2.45, 2.75) is 0 Å². The van der Waals surface area contributed by atoms with Gasteiger partial charge in [-0.1, -0.05) is 0 Å². The fourth-order valence-electron chi connectivity index (χ4n) is 0.429. The molecule has 0 aromatic heterocycles. The van der Waals surface area contributed by atoms with E-state index in [1.54, 1.807) is 0 Å². The lowest BCUT2D eigenvalue weighted by molar-refractivity contribution is -0.418. The monoisotopic (exact) mass is 138 g/mol. The van der Waals surface area contributed by atoms with Crippen molar-refractivity contribution in [3.05, 3.63) is 11.1 Å². The van der Waals surface area contributed by atoms with E-state index in [0.29, 0.717) is 0 Å². The molecular weight excluding hydrogens is 138 g/mol. The molecule has 0 radical (unpaired) electrons. The van der Waals surface area contributed by atoms with E-state index in [0.717, 1.165) is 4.79 Å². The zero-order chi connectivity index (χ0) is 6.81. The minimum atomic E-state index is 0.157. The van der Waals surface area contributed by atoms with E-state index in [1.165, 1.54) is 0 Å². The lowest BCUT2D eigenvalue weighted by atomic mass is 11.1. The second-order valence-corrected chi connectivity index (χ2v) is 1.33. The van der Waals surface area contributed by atoms with Crippen molar-refractivity contribution >= 4 is 5.96 Å². The lowest BCUT2D eigenvalue weighted by Crippen LogP contribution is -2.02. The molecule has 9 nitrogen and oxygen atoms in total. The number of nitrogens with zero attached hydrogens (tertiary/aromatic N) is 9. The topological polar surface area (TPSA) is 105 Å². The SMILES string of the molecule is N1=NC(=[N+]2[N-]N=N[N-]2)N=N1. The molecule has 0 unspecified atom stereocenters. The predicted octanol–water partition coefficient (Wildman–Crippen LogP) is 1.06. The number of hydrogen-bond donors (Lipinski definition) is 0. The van der Waals surface area contributed by atoms with Gasteiger partial charge in [0.15, 0.2) is 0 Å². The standard InChI is InChI=1S/CN9/c2-1(3-5-4-2)10-8-6-7-9-10/q-1. The summed E-state index contributed by atoms with van der Waals surface area (Å²) in [5, 5.41) is 19.7. The highest BCUT2D eigenvalue weighted by molar-refractivity contribution is 5.76. The summed E-state index contributed by atoms with van der Waals surface area (Å²) in [6, 6.07) is 0. The molecule has 0 bridgehead atoms. The molecule has 2 rings (SSSR count). The average Bonchev–Trinajstić information content (AvgIpc) is 2.59. The first-order valence-electron chi connectivity index (χ1n) is 2.27. The molecule has 2 heterocycles. The number of hydrogen-bond acceptors (Lipinski definition) is 4. The minimum absolute atomic E-state index is 0.157. The smallest absolute Gasteiger partial charge is 0.392 e. The Morgan fingerprint density at radius 1 is 1.00 bits per heavy atom. The average molecular weight is 138 g/mol. The van der Waals surface area contributed by atoms with Crippen LogP contribution in [0.15, 0.2) is 31.1 Å². The van der Waals surface area contributed by atoms with Gasteiger partial charge in [-0.25, -0.2) is 5.22 Å². The molecule has 50 valence electrons. The molecule has 0 spiro atoms. The summed E-state index contributed by atoms with van der Waals surface area (Å²) in [5.41, 5.74) is 6.80. The molecule has 0 atom stereocenters. The van der Waals surface area contributed by atoms with Gasteiger partial charge in [0, 0.05) is 20.7 Å². The fraction of sp³-hybridized carbons (Fsp3) is 0. The van der Waals surface area contributed by atoms with Crippen LogP contribution in [-0.2, 0) is 0 Å². The Morgan fingerprint density at radius 3 is 2.20 bits per heavy atom. The molecule has 0 fully saturated rings. The summed E-state index contributed by atoms with van der Waals surface area (Å²) >= 11 is 0. The van der Waals surface area contributed by atoms with Crippen LogP contribution in [0.4, 0.5) is 0 Å². The Bertz CT molecular complexity index is 230. The third-order valence-electron chi connectivity index (χ3n) is 0.777. The third kappa shape index (κ3) is 0.604. The fourth-order valence-corrected chi connectivity index (χ4v) is 0.429. The van der Waals surface area contributed by atoms with E-state index < -0.39 is 0 Å². The van der Waals surface area contributed by atoms with E-state index in [1.807, 2.05) is 0 Å². The molecule has 0 saturated heterocycles. The van der Waals surface area contributed by atoms with Gasteiger partial charge in [-0.3, -0.25) is 10.3 Å². The van der Waals surface area contributed by atoms with Gasteiger partial charge < -0.3 is 10.8 Å². The molecule has 0 saturated carbocycles. The van der Waals surface area contributed by atoms with Gasteiger partial charge in [0.1, 0.15) is 0 Å². The van der Waals surface area contributed by atoms with E-state index >= 15 is 0 Å². The number of guanidine groups is 1. The first kappa shape index (κ1) is 4.90. The largest absolute Gasteiger partial charge is 0.445 e.